The highest BCUT2D eigenvalue weighted by molar-refractivity contribution is 7.92. The zero-order chi connectivity index (χ0) is 11.7. The van der Waals surface area contributed by atoms with Gasteiger partial charge in [0.25, 0.3) is 0 Å². The average molecular weight is 234 g/mol. The molecule has 0 aromatic rings. The molecule has 1 aliphatic heterocycles. The van der Waals surface area contributed by atoms with Gasteiger partial charge in [-0.05, 0) is 28.7 Å². The Morgan fingerprint density at radius 3 is 2.31 bits per heavy atom. The van der Waals surface area contributed by atoms with Gasteiger partial charge < -0.3 is 0 Å². The fourth-order valence-corrected chi connectivity index (χ4v) is 5.04. The lowest BCUT2D eigenvalue weighted by Gasteiger charge is -2.42. The average Bonchev–Trinajstić information content (AvgIpc) is 2.48. The minimum absolute atomic E-state index is 0.0600. The Morgan fingerprint density at radius 2 is 1.62 bits per heavy atom. The Balaban J connectivity index is 2.21. The van der Waals surface area contributed by atoms with E-state index < -0.39 is 9.84 Å². The summed E-state index contributed by atoms with van der Waals surface area (Å²) in [6.07, 6.45) is 0.858. The summed E-state index contributed by atoms with van der Waals surface area (Å²) >= 11 is 0. The van der Waals surface area contributed by atoms with Gasteiger partial charge in [0, 0.05) is 11.8 Å². The highest BCUT2D eigenvalue weighted by Gasteiger charge is 2.46. The zero-order valence-electron chi connectivity index (χ0n) is 9.12. The lowest BCUT2D eigenvalue weighted by molar-refractivity contribution is 0.553. The molecular formula is C13H14O2S. The largest absolute Gasteiger partial charge is 0.228 e. The van der Waals surface area contributed by atoms with E-state index in [2.05, 4.69) is 19.7 Å². The quantitative estimate of drug-likeness (QED) is 0.601. The third-order valence-corrected chi connectivity index (χ3v) is 5.49. The number of fused-ring (bicyclic) bond motifs is 2. The van der Waals surface area contributed by atoms with E-state index in [1.165, 1.54) is 0 Å². The summed E-state index contributed by atoms with van der Waals surface area (Å²) in [5.74, 6) is 0.653. The van der Waals surface area contributed by atoms with Crippen molar-refractivity contribution in [2.75, 3.05) is 11.5 Å². The maximum Gasteiger partial charge on any atom is 0.158 e. The Kier molecular flexibility index (Phi) is 1.75. The Hall–Kier alpha value is -1.09. The van der Waals surface area contributed by atoms with Crippen molar-refractivity contribution in [2.24, 2.45) is 11.8 Å². The molecule has 0 aromatic heterocycles. The second kappa shape index (κ2) is 2.77. The van der Waals surface area contributed by atoms with Crippen LogP contribution < -0.4 is 0 Å². The number of hydrogen-bond donors (Lipinski definition) is 0. The molecule has 0 saturated heterocycles. The summed E-state index contributed by atoms with van der Waals surface area (Å²) in [5.41, 5.74) is 5.26. The van der Waals surface area contributed by atoms with Crippen LogP contribution in [0, 0.1) is 11.8 Å². The minimum Gasteiger partial charge on any atom is -0.228 e. The summed E-state index contributed by atoms with van der Waals surface area (Å²) in [4.78, 5) is 0. The van der Waals surface area contributed by atoms with Crippen LogP contribution in [0.4, 0.5) is 0 Å². The van der Waals surface area contributed by atoms with E-state index in [4.69, 9.17) is 0 Å². The molecule has 3 aliphatic carbocycles. The second-order valence-corrected chi connectivity index (χ2v) is 7.05. The van der Waals surface area contributed by atoms with Crippen LogP contribution in [0.3, 0.4) is 0 Å². The van der Waals surface area contributed by atoms with E-state index in [-0.39, 0.29) is 23.3 Å². The molecule has 1 heterocycles. The molecule has 0 N–H and O–H groups in total. The molecule has 16 heavy (non-hydrogen) atoms. The van der Waals surface area contributed by atoms with Crippen molar-refractivity contribution < 1.29 is 8.42 Å². The standard InChI is InChI=1S/C13H14O2S/c1-7-4-10-8(2)9(3)13(7)12-6-16(14,15)5-11(10)12/h10,13H,1-6H2. The van der Waals surface area contributed by atoms with Gasteiger partial charge in [0.1, 0.15) is 0 Å². The van der Waals surface area contributed by atoms with Crippen LogP contribution in [-0.4, -0.2) is 19.9 Å². The van der Waals surface area contributed by atoms with Crippen molar-refractivity contribution >= 4 is 9.84 Å². The molecule has 1 saturated carbocycles. The SMILES string of the molecule is C=C1C(=C)C2C(=C)CC1C1=C2CS(=O)(=O)C1. The van der Waals surface area contributed by atoms with Crippen molar-refractivity contribution in [2.45, 2.75) is 6.42 Å². The van der Waals surface area contributed by atoms with Gasteiger partial charge in [-0.25, -0.2) is 8.42 Å². The third kappa shape index (κ3) is 1.09. The molecule has 84 valence electrons. The van der Waals surface area contributed by atoms with Crippen LogP contribution in [-0.2, 0) is 9.84 Å². The smallest absolute Gasteiger partial charge is 0.158 e. The molecule has 4 aliphatic rings. The fourth-order valence-electron chi connectivity index (χ4n) is 3.25. The number of allylic oxidation sites excluding steroid dienone is 3. The van der Waals surface area contributed by atoms with Crippen LogP contribution in [0.5, 0.6) is 0 Å². The van der Waals surface area contributed by atoms with E-state index in [0.29, 0.717) is 0 Å². The van der Waals surface area contributed by atoms with Gasteiger partial charge >= 0.3 is 0 Å². The molecule has 2 unspecified atom stereocenters. The first-order chi connectivity index (χ1) is 7.41. The molecular weight excluding hydrogens is 220 g/mol. The predicted octanol–water partition coefficient (Wildman–Crippen LogP) is 2.03. The van der Waals surface area contributed by atoms with E-state index >= 15 is 0 Å². The molecule has 2 nitrogen and oxygen atoms in total. The fraction of sp³-hybridized carbons (Fsp3) is 0.385. The normalized spacial score (nSPS) is 35.9. The lowest BCUT2D eigenvalue weighted by Crippen LogP contribution is -2.31. The highest BCUT2D eigenvalue weighted by Crippen LogP contribution is 2.54. The molecule has 4 rings (SSSR count). The van der Waals surface area contributed by atoms with Gasteiger partial charge in [-0.2, -0.15) is 0 Å². The second-order valence-electron chi connectivity index (χ2n) is 4.98. The molecule has 0 amide bonds. The zero-order valence-corrected chi connectivity index (χ0v) is 9.94. The van der Waals surface area contributed by atoms with Gasteiger partial charge in [0.05, 0.1) is 11.5 Å². The number of hydrogen-bond acceptors (Lipinski definition) is 2. The van der Waals surface area contributed by atoms with E-state index in [1.54, 1.807) is 0 Å². The van der Waals surface area contributed by atoms with Crippen LogP contribution in [0.15, 0.2) is 47.6 Å². The van der Waals surface area contributed by atoms with Crippen LogP contribution in [0.2, 0.25) is 0 Å². The van der Waals surface area contributed by atoms with Crippen LogP contribution in [0.25, 0.3) is 0 Å². The van der Waals surface area contributed by atoms with Gasteiger partial charge in [-0.3, -0.25) is 0 Å². The molecule has 2 atom stereocenters. The first-order valence-corrected chi connectivity index (χ1v) is 7.20. The van der Waals surface area contributed by atoms with Crippen LogP contribution >= 0.6 is 0 Å². The Labute approximate surface area is 96.0 Å². The minimum atomic E-state index is -2.92. The topological polar surface area (TPSA) is 34.1 Å². The lowest BCUT2D eigenvalue weighted by atomic mass is 9.61. The third-order valence-electron chi connectivity index (χ3n) is 3.99. The van der Waals surface area contributed by atoms with Gasteiger partial charge in [0.2, 0.25) is 0 Å². The first kappa shape index (κ1) is 10.1. The summed E-state index contributed by atoms with van der Waals surface area (Å²) < 4.78 is 23.4. The number of rotatable bonds is 0. The molecule has 1 fully saturated rings. The van der Waals surface area contributed by atoms with E-state index in [1.807, 2.05) is 0 Å². The maximum atomic E-state index is 11.7. The molecule has 2 bridgehead atoms. The van der Waals surface area contributed by atoms with Crippen molar-refractivity contribution in [1.29, 1.82) is 0 Å². The summed E-state index contributed by atoms with van der Waals surface area (Å²) in [5, 5.41) is 0. The summed E-state index contributed by atoms with van der Waals surface area (Å²) in [6, 6.07) is 0. The summed E-state index contributed by atoms with van der Waals surface area (Å²) in [7, 11) is -2.92. The maximum absolute atomic E-state index is 11.7. The van der Waals surface area contributed by atoms with Gasteiger partial charge in [0.15, 0.2) is 9.84 Å². The van der Waals surface area contributed by atoms with E-state index in [9.17, 15) is 8.42 Å². The molecule has 3 heteroatoms. The Bertz CT molecular complexity index is 575. The monoisotopic (exact) mass is 234 g/mol. The predicted molar refractivity (Wildman–Crippen MR) is 64.7 cm³/mol. The molecule has 0 aromatic carbocycles. The van der Waals surface area contributed by atoms with Gasteiger partial charge in [-0.15, -0.1) is 0 Å². The highest BCUT2D eigenvalue weighted by atomic mass is 32.2. The van der Waals surface area contributed by atoms with Gasteiger partial charge in [-0.1, -0.05) is 25.3 Å². The summed E-state index contributed by atoms with van der Waals surface area (Å²) in [6.45, 7) is 12.2. The molecule has 0 spiro atoms. The van der Waals surface area contributed by atoms with Crippen molar-refractivity contribution in [1.82, 2.24) is 0 Å². The first-order valence-electron chi connectivity index (χ1n) is 5.38. The van der Waals surface area contributed by atoms with Crippen molar-refractivity contribution in [3.05, 3.63) is 47.6 Å². The molecule has 0 radical (unpaired) electrons. The Morgan fingerprint density at radius 1 is 1.00 bits per heavy atom. The number of sulfone groups is 1. The van der Waals surface area contributed by atoms with Crippen molar-refractivity contribution in [3.63, 3.8) is 0 Å². The van der Waals surface area contributed by atoms with Crippen molar-refractivity contribution in [3.8, 4) is 0 Å². The van der Waals surface area contributed by atoms with E-state index in [0.717, 1.165) is 34.3 Å². The van der Waals surface area contributed by atoms with Crippen LogP contribution in [0.1, 0.15) is 6.42 Å².